The molecule has 0 aliphatic heterocycles. The lowest BCUT2D eigenvalue weighted by molar-refractivity contribution is 0.272. The number of rotatable bonds is 6. The fourth-order valence-electron chi connectivity index (χ4n) is 2.50. The number of hydrogen-bond acceptors (Lipinski definition) is 5. The van der Waals surface area contributed by atoms with Gasteiger partial charge in [0.15, 0.2) is 0 Å². The smallest absolute Gasteiger partial charge is 0.245 e. The Labute approximate surface area is 147 Å². The van der Waals surface area contributed by atoms with E-state index < -0.39 is 0 Å². The summed E-state index contributed by atoms with van der Waals surface area (Å²) in [5.74, 6) is 1.04. The summed E-state index contributed by atoms with van der Waals surface area (Å²) in [5, 5.41) is 13.3. The van der Waals surface area contributed by atoms with E-state index >= 15 is 0 Å². The third-order valence-electron chi connectivity index (χ3n) is 3.85. The fourth-order valence-corrected chi connectivity index (χ4v) is 2.83. The zero-order chi connectivity index (χ0) is 17.9. The van der Waals surface area contributed by atoms with Gasteiger partial charge in [-0.2, -0.15) is 0 Å². The second-order valence-electron chi connectivity index (χ2n) is 5.93. The quantitative estimate of drug-likeness (QED) is 0.727. The largest absolute Gasteiger partial charge is 0.436 e. The van der Waals surface area contributed by atoms with E-state index in [2.05, 4.69) is 10.3 Å². The number of benzene rings is 1. The van der Waals surface area contributed by atoms with Gasteiger partial charge in [0, 0.05) is 16.8 Å². The van der Waals surface area contributed by atoms with Crippen molar-refractivity contribution in [3.63, 3.8) is 0 Å². The van der Waals surface area contributed by atoms with E-state index in [1.807, 2.05) is 45.9 Å². The number of aryl methyl sites for hydroxylation is 3. The minimum atomic E-state index is -0.0686. The van der Waals surface area contributed by atoms with E-state index in [1.165, 1.54) is 0 Å². The second kappa shape index (κ2) is 7.73. The predicted octanol–water partition coefficient (Wildman–Crippen LogP) is 4.22. The Morgan fingerprint density at radius 2 is 1.88 bits per heavy atom. The molecule has 0 fully saturated rings. The summed E-state index contributed by atoms with van der Waals surface area (Å²) in [7, 11) is 0. The standard InChI is InChI=1S/C18H24ClN3O2/c1-5-14(9-23)22-15-8-12(4)21-18(16(15)20)24-17-10(2)6-13(19)7-11(17)3/h6-8,14,23H,5,9,20H2,1-4H3,(H,21,22). The number of nitrogens with two attached hydrogens (primary N) is 1. The molecule has 0 aliphatic carbocycles. The van der Waals surface area contributed by atoms with Crippen LogP contribution in [0.25, 0.3) is 0 Å². The van der Waals surface area contributed by atoms with Crippen LogP contribution in [0.4, 0.5) is 11.4 Å². The number of aliphatic hydroxyl groups excluding tert-OH is 1. The third kappa shape index (κ3) is 4.10. The molecule has 2 rings (SSSR count). The number of halogens is 1. The van der Waals surface area contributed by atoms with E-state index in [1.54, 1.807) is 0 Å². The molecule has 1 aromatic heterocycles. The van der Waals surface area contributed by atoms with Crippen LogP contribution in [0.5, 0.6) is 11.6 Å². The van der Waals surface area contributed by atoms with Gasteiger partial charge >= 0.3 is 0 Å². The number of aromatic nitrogens is 1. The van der Waals surface area contributed by atoms with Crippen LogP contribution >= 0.6 is 11.6 Å². The zero-order valence-corrected chi connectivity index (χ0v) is 15.2. The SMILES string of the molecule is CCC(CO)Nc1cc(C)nc(Oc2c(C)cc(Cl)cc2C)c1N. The highest BCUT2D eigenvalue weighted by molar-refractivity contribution is 6.30. The maximum atomic E-state index is 9.39. The number of hydrogen-bond donors (Lipinski definition) is 3. The van der Waals surface area contributed by atoms with Crippen LogP contribution in [0.2, 0.25) is 5.02 Å². The van der Waals surface area contributed by atoms with Gasteiger partial charge in [0.25, 0.3) is 0 Å². The van der Waals surface area contributed by atoms with Crippen molar-refractivity contribution in [2.24, 2.45) is 0 Å². The molecule has 2 aromatic rings. The molecule has 1 unspecified atom stereocenters. The number of nitrogen functional groups attached to an aromatic ring is 1. The lowest BCUT2D eigenvalue weighted by Crippen LogP contribution is -2.23. The molecule has 130 valence electrons. The van der Waals surface area contributed by atoms with Crippen molar-refractivity contribution in [2.45, 2.75) is 40.2 Å². The maximum absolute atomic E-state index is 9.39. The van der Waals surface area contributed by atoms with Crippen LogP contribution in [0.15, 0.2) is 18.2 Å². The summed E-state index contributed by atoms with van der Waals surface area (Å²) in [6.07, 6.45) is 0.781. The molecule has 0 aliphatic rings. The number of anilines is 2. The predicted molar refractivity (Wildman–Crippen MR) is 99.2 cm³/mol. The molecule has 1 heterocycles. The van der Waals surface area contributed by atoms with Gasteiger partial charge in [0.05, 0.1) is 12.3 Å². The summed E-state index contributed by atoms with van der Waals surface area (Å²) in [6.45, 7) is 7.76. The monoisotopic (exact) mass is 349 g/mol. The van der Waals surface area contributed by atoms with Gasteiger partial charge in [0.1, 0.15) is 11.4 Å². The highest BCUT2D eigenvalue weighted by Gasteiger charge is 2.16. The second-order valence-corrected chi connectivity index (χ2v) is 6.37. The Morgan fingerprint density at radius 3 is 2.42 bits per heavy atom. The molecule has 6 heteroatoms. The minimum absolute atomic E-state index is 0.0307. The van der Waals surface area contributed by atoms with Crippen LogP contribution in [0.3, 0.4) is 0 Å². The first kappa shape index (κ1) is 18.4. The molecule has 1 aromatic carbocycles. The molecule has 24 heavy (non-hydrogen) atoms. The van der Waals surface area contributed by atoms with E-state index in [0.29, 0.717) is 28.0 Å². The molecule has 0 saturated heterocycles. The fraction of sp³-hybridized carbons (Fsp3) is 0.389. The Balaban J connectivity index is 2.39. The van der Waals surface area contributed by atoms with E-state index in [0.717, 1.165) is 23.2 Å². The topological polar surface area (TPSA) is 80.4 Å². The van der Waals surface area contributed by atoms with Crippen molar-refractivity contribution in [3.05, 3.63) is 40.0 Å². The average molecular weight is 350 g/mol. The minimum Gasteiger partial charge on any atom is -0.436 e. The first-order valence-electron chi connectivity index (χ1n) is 7.94. The normalized spacial score (nSPS) is 12.1. The molecule has 5 nitrogen and oxygen atoms in total. The van der Waals surface area contributed by atoms with Crippen LogP contribution < -0.4 is 15.8 Å². The van der Waals surface area contributed by atoms with Crippen molar-refractivity contribution < 1.29 is 9.84 Å². The summed E-state index contributed by atoms with van der Waals surface area (Å²) in [5.41, 5.74) is 9.97. The Hall–Kier alpha value is -1.98. The van der Waals surface area contributed by atoms with Crippen LogP contribution in [0, 0.1) is 20.8 Å². The van der Waals surface area contributed by atoms with Crippen LogP contribution in [-0.4, -0.2) is 22.7 Å². The first-order chi connectivity index (χ1) is 11.3. The van der Waals surface area contributed by atoms with Gasteiger partial charge in [-0.05, 0) is 56.5 Å². The number of aliphatic hydroxyl groups is 1. The van der Waals surface area contributed by atoms with E-state index in [4.69, 9.17) is 22.1 Å². The van der Waals surface area contributed by atoms with Gasteiger partial charge in [-0.1, -0.05) is 18.5 Å². The summed E-state index contributed by atoms with van der Waals surface area (Å²) >= 11 is 6.07. The van der Waals surface area contributed by atoms with Crippen molar-refractivity contribution in [1.29, 1.82) is 0 Å². The van der Waals surface area contributed by atoms with Crippen molar-refractivity contribution in [3.8, 4) is 11.6 Å². The van der Waals surface area contributed by atoms with E-state index in [9.17, 15) is 5.11 Å². The Bertz CT molecular complexity index is 707. The lowest BCUT2D eigenvalue weighted by atomic mass is 10.1. The summed E-state index contributed by atoms with van der Waals surface area (Å²) < 4.78 is 6.00. The summed E-state index contributed by atoms with van der Waals surface area (Å²) in [6, 6.07) is 5.46. The van der Waals surface area contributed by atoms with Gasteiger partial charge in [-0.25, -0.2) is 4.98 Å². The molecule has 4 N–H and O–H groups in total. The van der Waals surface area contributed by atoms with Gasteiger partial charge < -0.3 is 20.9 Å². The summed E-state index contributed by atoms with van der Waals surface area (Å²) in [4.78, 5) is 4.41. The third-order valence-corrected chi connectivity index (χ3v) is 4.07. The highest BCUT2D eigenvalue weighted by Crippen LogP contribution is 2.36. The molecule has 0 bridgehead atoms. The average Bonchev–Trinajstić information content (AvgIpc) is 2.52. The number of nitrogens with one attached hydrogen (secondary N) is 1. The number of ether oxygens (including phenoxy) is 1. The Morgan fingerprint density at radius 1 is 1.25 bits per heavy atom. The lowest BCUT2D eigenvalue weighted by Gasteiger charge is -2.20. The molecule has 0 amide bonds. The van der Waals surface area contributed by atoms with Crippen LogP contribution in [-0.2, 0) is 0 Å². The van der Waals surface area contributed by atoms with Gasteiger partial charge in [-0.3, -0.25) is 0 Å². The maximum Gasteiger partial charge on any atom is 0.245 e. The molecule has 0 radical (unpaired) electrons. The van der Waals surface area contributed by atoms with Gasteiger partial charge in [-0.15, -0.1) is 0 Å². The zero-order valence-electron chi connectivity index (χ0n) is 14.5. The molecule has 1 atom stereocenters. The first-order valence-corrected chi connectivity index (χ1v) is 8.32. The Kier molecular flexibility index (Phi) is 5.91. The van der Waals surface area contributed by atoms with Crippen LogP contribution in [0.1, 0.15) is 30.2 Å². The van der Waals surface area contributed by atoms with Crippen molar-refractivity contribution >= 4 is 23.0 Å². The molecule has 0 saturated carbocycles. The molecular weight excluding hydrogens is 326 g/mol. The number of pyridine rings is 1. The van der Waals surface area contributed by atoms with E-state index in [-0.39, 0.29) is 12.6 Å². The molecule has 0 spiro atoms. The van der Waals surface area contributed by atoms with Gasteiger partial charge in [0.2, 0.25) is 5.88 Å². The van der Waals surface area contributed by atoms with Crippen molar-refractivity contribution in [1.82, 2.24) is 4.98 Å². The highest BCUT2D eigenvalue weighted by atomic mass is 35.5. The number of nitrogens with zero attached hydrogens (tertiary/aromatic N) is 1. The van der Waals surface area contributed by atoms with Crippen molar-refractivity contribution in [2.75, 3.05) is 17.7 Å². The molecular formula is C18H24ClN3O2.